The van der Waals surface area contributed by atoms with Crippen molar-refractivity contribution < 1.29 is 19.4 Å². The van der Waals surface area contributed by atoms with Gasteiger partial charge in [0.15, 0.2) is 0 Å². The minimum atomic E-state index is -0.533. The van der Waals surface area contributed by atoms with Crippen molar-refractivity contribution in [1.29, 1.82) is 0 Å². The monoisotopic (exact) mass is 440 g/mol. The van der Waals surface area contributed by atoms with Gasteiger partial charge in [-0.05, 0) is 30.9 Å². The molecule has 3 fully saturated rings. The molecule has 32 heavy (non-hydrogen) atoms. The molecule has 2 saturated heterocycles. The van der Waals surface area contributed by atoms with Gasteiger partial charge in [0.2, 0.25) is 0 Å². The summed E-state index contributed by atoms with van der Waals surface area (Å²) in [7, 11) is 1.71. The van der Waals surface area contributed by atoms with E-state index < -0.39 is 6.10 Å². The Balaban J connectivity index is 1.28. The molecule has 2 heterocycles. The number of piperazine rings is 1. The van der Waals surface area contributed by atoms with Crippen molar-refractivity contribution in [3.05, 3.63) is 35.9 Å². The van der Waals surface area contributed by atoms with E-state index in [4.69, 9.17) is 9.47 Å². The van der Waals surface area contributed by atoms with Crippen LogP contribution in [0.5, 0.6) is 5.75 Å². The van der Waals surface area contributed by atoms with Crippen molar-refractivity contribution in [3.8, 4) is 5.75 Å². The average molecular weight is 441 g/mol. The summed E-state index contributed by atoms with van der Waals surface area (Å²) in [5.41, 5.74) is 2.17. The fraction of sp³-hybridized carbons (Fsp3) is 0.654. The summed E-state index contributed by atoms with van der Waals surface area (Å²) in [5.74, 6) is 0.825. The number of fused-ring (bicyclic) bond motifs is 2. The Morgan fingerprint density at radius 2 is 1.97 bits per heavy atom. The van der Waals surface area contributed by atoms with Gasteiger partial charge in [-0.15, -0.1) is 0 Å². The number of ether oxygens (including phenoxy) is 2. The Morgan fingerprint density at radius 3 is 2.72 bits per heavy atom. The molecule has 1 aromatic carbocycles. The Bertz CT molecular complexity index is 894. The summed E-state index contributed by atoms with van der Waals surface area (Å²) in [6.07, 6.45) is 4.52. The van der Waals surface area contributed by atoms with Crippen LogP contribution in [0, 0.1) is 23.2 Å². The third kappa shape index (κ3) is 3.43. The summed E-state index contributed by atoms with van der Waals surface area (Å²) in [5, 5.41) is 11.6. The van der Waals surface area contributed by atoms with E-state index in [9.17, 15) is 9.90 Å². The van der Waals surface area contributed by atoms with Crippen molar-refractivity contribution in [2.75, 3.05) is 44.7 Å². The topological polar surface area (TPSA) is 62.2 Å². The van der Waals surface area contributed by atoms with Crippen LogP contribution in [0.1, 0.15) is 33.1 Å². The minimum Gasteiger partial charge on any atom is -0.495 e. The predicted octanol–water partition coefficient (Wildman–Crippen LogP) is 3.10. The van der Waals surface area contributed by atoms with Gasteiger partial charge in [0.25, 0.3) is 0 Å². The van der Waals surface area contributed by atoms with Crippen LogP contribution in [-0.2, 0) is 9.53 Å². The van der Waals surface area contributed by atoms with E-state index in [2.05, 4.69) is 35.8 Å². The quantitative estimate of drug-likeness (QED) is 0.574. The molecule has 6 nitrogen and oxygen atoms in total. The van der Waals surface area contributed by atoms with Gasteiger partial charge < -0.3 is 19.5 Å². The van der Waals surface area contributed by atoms with Gasteiger partial charge in [-0.3, -0.25) is 9.69 Å². The normalized spacial score (nSPS) is 37.4. The minimum absolute atomic E-state index is 0.113. The van der Waals surface area contributed by atoms with Crippen LogP contribution in [0.2, 0.25) is 0 Å². The van der Waals surface area contributed by atoms with Gasteiger partial charge in [0.05, 0.1) is 24.8 Å². The standard InChI is InChI=1S/C26H36N2O4/c1-17-7-6-8-18-15-22-23(24(29)26(17,18)2)19(25(30)32-22)16-27-11-13-28(14-12-27)20-9-4-5-10-21(20)31-3/h4-5,8-10,17,19,22-24,29H,6-7,11-16H2,1-3H3/t17-,19-,22-,23+,24-,26-/m1/s1. The first-order valence-corrected chi connectivity index (χ1v) is 12.1. The largest absolute Gasteiger partial charge is 0.495 e. The van der Waals surface area contributed by atoms with Crippen molar-refractivity contribution in [1.82, 2.24) is 4.90 Å². The van der Waals surface area contributed by atoms with Gasteiger partial charge in [-0.2, -0.15) is 0 Å². The number of esters is 1. The molecule has 0 radical (unpaired) electrons. The molecule has 2 aliphatic heterocycles. The van der Waals surface area contributed by atoms with Crippen LogP contribution in [0.4, 0.5) is 5.69 Å². The fourth-order valence-electron chi connectivity index (χ4n) is 6.61. The molecule has 1 N–H and O–H groups in total. The second kappa shape index (κ2) is 8.38. The first-order valence-electron chi connectivity index (χ1n) is 12.1. The van der Waals surface area contributed by atoms with E-state index in [1.165, 1.54) is 5.57 Å². The lowest BCUT2D eigenvalue weighted by atomic mass is 9.55. The maximum atomic E-state index is 12.9. The van der Waals surface area contributed by atoms with Crippen LogP contribution in [0.25, 0.3) is 0 Å². The Morgan fingerprint density at radius 1 is 1.22 bits per heavy atom. The molecule has 0 aromatic heterocycles. The zero-order chi connectivity index (χ0) is 22.5. The molecule has 6 atom stereocenters. The Hall–Kier alpha value is -2.05. The summed E-state index contributed by atoms with van der Waals surface area (Å²) in [6.45, 7) is 8.67. The molecule has 0 amide bonds. The van der Waals surface area contributed by atoms with Gasteiger partial charge >= 0.3 is 5.97 Å². The average Bonchev–Trinajstić information content (AvgIpc) is 3.11. The molecule has 1 aromatic rings. The smallest absolute Gasteiger partial charge is 0.311 e. The highest BCUT2D eigenvalue weighted by molar-refractivity contribution is 5.76. The molecule has 174 valence electrons. The third-order valence-corrected chi connectivity index (χ3v) is 8.82. The molecular weight excluding hydrogens is 404 g/mol. The zero-order valence-electron chi connectivity index (χ0n) is 19.5. The van der Waals surface area contributed by atoms with Gasteiger partial charge in [-0.1, -0.05) is 37.6 Å². The molecule has 4 aliphatic rings. The number of rotatable bonds is 4. The Kier molecular flexibility index (Phi) is 5.70. The number of methoxy groups -OCH3 is 1. The van der Waals surface area contributed by atoms with Crippen molar-refractivity contribution in [3.63, 3.8) is 0 Å². The molecule has 0 spiro atoms. The van der Waals surface area contributed by atoms with Crippen molar-refractivity contribution >= 4 is 11.7 Å². The summed E-state index contributed by atoms with van der Waals surface area (Å²) in [6, 6.07) is 8.13. The first-order chi connectivity index (χ1) is 15.4. The number of carbonyl (C=O) groups excluding carboxylic acids is 1. The molecule has 6 heteroatoms. The molecule has 0 unspecified atom stereocenters. The van der Waals surface area contributed by atoms with Crippen LogP contribution in [0.15, 0.2) is 35.9 Å². The summed E-state index contributed by atoms with van der Waals surface area (Å²) >= 11 is 0. The SMILES string of the molecule is COc1ccccc1N1CCN(C[C@H]2C(=O)O[C@@H]3CC4=CCC[C@@H](C)[C@@]4(C)[C@H](O)[C@H]32)CC1. The maximum Gasteiger partial charge on any atom is 0.311 e. The van der Waals surface area contributed by atoms with Crippen LogP contribution < -0.4 is 9.64 Å². The van der Waals surface area contributed by atoms with Crippen molar-refractivity contribution in [2.24, 2.45) is 23.2 Å². The van der Waals surface area contributed by atoms with Crippen molar-refractivity contribution in [2.45, 2.75) is 45.3 Å². The molecule has 5 rings (SSSR count). The number of benzene rings is 1. The zero-order valence-corrected chi connectivity index (χ0v) is 19.5. The highest BCUT2D eigenvalue weighted by Crippen LogP contribution is 2.56. The van der Waals surface area contributed by atoms with Gasteiger partial charge in [0.1, 0.15) is 11.9 Å². The lowest BCUT2D eigenvalue weighted by Crippen LogP contribution is -2.55. The van der Waals surface area contributed by atoms with E-state index in [0.717, 1.165) is 56.9 Å². The van der Waals surface area contributed by atoms with Crippen LogP contribution >= 0.6 is 0 Å². The number of allylic oxidation sites excluding steroid dienone is 1. The molecule has 1 saturated carbocycles. The summed E-state index contributed by atoms with van der Waals surface area (Å²) in [4.78, 5) is 17.6. The maximum absolute atomic E-state index is 12.9. The second-order valence-corrected chi connectivity index (χ2v) is 10.3. The van der Waals surface area contributed by atoms with E-state index in [0.29, 0.717) is 12.5 Å². The van der Waals surface area contributed by atoms with Crippen LogP contribution in [0.3, 0.4) is 0 Å². The lowest BCUT2D eigenvalue weighted by Gasteiger charge is -2.52. The third-order valence-electron chi connectivity index (χ3n) is 8.82. The van der Waals surface area contributed by atoms with E-state index in [1.807, 2.05) is 18.2 Å². The van der Waals surface area contributed by atoms with Gasteiger partial charge in [-0.25, -0.2) is 0 Å². The van der Waals surface area contributed by atoms with E-state index >= 15 is 0 Å². The summed E-state index contributed by atoms with van der Waals surface area (Å²) < 4.78 is 11.4. The van der Waals surface area contributed by atoms with E-state index in [1.54, 1.807) is 7.11 Å². The fourth-order valence-corrected chi connectivity index (χ4v) is 6.61. The molecule has 0 bridgehead atoms. The number of hydrogen-bond donors (Lipinski definition) is 1. The predicted molar refractivity (Wildman–Crippen MR) is 124 cm³/mol. The number of nitrogens with zero attached hydrogens (tertiary/aromatic N) is 2. The number of hydrogen-bond acceptors (Lipinski definition) is 6. The highest BCUT2D eigenvalue weighted by atomic mass is 16.6. The number of carbonyl (C=O) groups is 1. The number of para-hydroxylation sites is 2. The first kappa shape index (κ1) is 21.8. The van der Waals surface area contributed by atoms with E-state index in [-0.39, 0.29) is 29.3 Å². The van der Waals surface area contributed by atoms with Gasteiger partial charge in [0, 0.05) is 50.5 Å². The second-order valence-electron chi connectivity index (χ2n) is 10.3. The molecular formula is C26H36N2O4. The number of aliphatic hydroxyl groups excluding tert-OH is 1. The Labute approximate surface area is 191 Å². The lowest BCUT2D eigenvalue weighted by molar-refractivity contribution is -0.145. The highest BCUT2D eigenvalue weighted by Gasteiger charge is 2.59. The number of aliphatic hydroxyl groups is 1. The van der Waals surface area contributed by atoms with Crippen LogP contribution in [-0.4, -0.2) is 68.0 Å². The number of anilines is 1. The molecule has 2 aliphatic carbocycles.